The van der Waals surface area contributed by atoms with Crippen molar-refractivity contribution in [3.63, 3.8) is 0 Å². The molecule has 0 amide bonds. The second-order valence-electron chi connectivity index (χ2n) is 4.96. The molecule has 1 saturated heterocycles. The van der Waals surface area contributed by atoms with Crippen molar-refractivity contribution < 1.29 is 8.42 Å². The molecule has 0 spiro atoms. The Morgan fingerprint density at radius 2 is 2.05 bits per heavy atom. The first-order valence-corrected chi connectivity index (χ1v) is 9.41. The van der Waals surface area contributed by atoms with Gasteiger partial charge in [-0.1, -0.05) is 13.3 Å². The zero-order chi connectivity index (χ0) is 14.6. The summed E-state index contributed by atoms with van der Waals surface area (Å²) in [5.41, 5.74) is 5.69. The molecule has 1 fully saturated rings. The predicted octanol–water partition coefficient (Wildman–Crippen LogP) is 1.42. The third-order valence-electron chi connectivity index (χ3n) is 3.53. The van der Waals surface area contributed by atoms with Crippen molar-refractivity contribution in [2.24, 2.45) is 0 Å². The van der Waals surface area contributed by atoms with E-state index in [2.05, 4.69) is 14.6 Å². The van der Waals surface area contributed by atoms with Gasteiger partial charge in [0.1, 0.15) is 9.90 Å². The number of nitrogens with one attached hydrogen (secondary N) is 1. The number of aromatic nitrogens is 1. The van der Waals surface area contributed by atoms with E-state index in [-0.39, 0.29) is 16.5 Å². The molecule has 2 rings (SSSR count). The van der Waals surface area contributed by atoms with E-state index in [0.29, 0.717) is 11.5 Å². The quantitative estimate of drug-likeness (QED) is 0.824. The van der Waals surface area contributed by atoms with Gasteiger partial charge < -0.3 is 16.0 Å². The normalized spacial score (nSPS) is 17.2. The Bertz CT molecular complexity index is 536. The van der Waals surface area contributed by atoms with E-state index in [1.54, 1.807) is 6.92 Å². The first kappa shape index (κ1) is 15.5. The molecule has 1 aromatic heterocycles. The Hall–Kier alpha value is -0.860. The van der Waals surface area contributed by atoms with Crippen LogP contribution in [0.25, 0.3) is 0 Å². The maximum absolute atomic E-state index is 12.0. The van der Waals surface area contributed by atoms with Crippen LogP contribution in [0.3, 0.4) is 0 Å². The predicted molar refractivity (Wildman–Crippen MR) is 83.0 cm³/mol. The van der Waals surface area contributed by atoms with Crippen LogP contribution in [-0.4, -0.2) is 49.6 Å². The highest BCUT2D eigenvalue weighted by Gasteiger charge is 2.23. The maximum Gasteiger partial charge on any atom is 0.184 e. The minimum Gasteiger partial charge on any atom is -0.382 e. The van der Waals surface area contributed by atoms with Crippen molar-refractivity contribution in [3.8, 4) is 0 Å². The zero-order valence-corrected chi connectivity index (χ0v) is 13.4. The van der Waals surface area contributed by atoms with Crippen molar-refractivity contribution >= 4 is 32.2 Å². The Labute approximate surface area is 124 Å². The van der Waals surface area contributed by atoms with Crippen LogP contribution in [0.1, 0.15) is 26.2 Å². The van der Waals surface area contributed by atoms with Gasteiger partial charge >= 0.3 is 0 Å². The molecule has 0 bridgehead atoms. The fourth-order valence-electron chi connectivity index (χ4n) is 2.36. The number of rotatable bonds is 6. The lowest BCUT2D eigenvalue weighted by Crippen LogP contribution is -2.33. The van der Waals surface area contributed by atoms with Gasteiger partial charge in [-0.15, -0.1) is 0 Å². The molecule has 0 saturated carbocycles. The van der Waals surface area contributed by atoms with Crippen LogP contribution in [0.15, 0.2) is 4.90 Å². The molecule has 1 aromatic rings. The van der Waals surface area contributed by atoms with Crippen LogP contribution >= 0.6 is 11.5 Å². The summed E-state index contributed by atoms with van der Waals surface area (Å²) < 4.78 is 28.0. The summed E-state index contributed by atoms with van der Waals surface area (Å²) in [6, 6.07) is 0. The average molecular weight is 318 g/mol. The van der Waals surface area contributed by atoms with Gasteiger partial charge in [0.15, 0.2) is 15.7 Å². The molecule has 2 heterocycles. The number of nitrogens with zero attached hydrogens (tertiary/aromatic N) is 2. The molecule has 0 aromatic carbocycles. The average Bonchev–Trinajstić information content (AvgIpc) is 2.82. The monoisotopic (exact) mass is 318 g/mol. The van der Waals surface area contributed by atoms with Gasteiger partial charge in [0.05, 0.1) is 5.75 Å². The van der Waals surface area contributed by atoms with Gasteiger partial charge in [-0.3, -0.25) is 0 Å². The van der Waals surface area contributed by atoms with Crippen LogP contribution in [-0.2, 0) is 9.84 Å². The molecule has 20 heavy (non-hydrogen) atoms. The number of nitrogen functional groups attached to an aromatic ring is 1. The smallest absolute Gasteiger partial charge is 0.184 e. The number of hydrogen-bond acceptors (Lipinski definition) is 7. The Morgan fingerprint density at radius 1 is 1.35 bits per heavy atom. The number of hydrogen-bond donors (Lipinski definition) is 2. The van der Waals surface area contributed by atoms with E-state index in [4.69, 9.17) is 5.73 Å². The summed E-state index contributed by atoms with van der Waals surface area (Å²) in [6.45, 7) is 5.51. The van der Waals surface area contributed by atoms with Crippen LogP contribution in [0, 0.1) is 0 Å². The Balaban J connectivity index is 1.96. The van der Waals surface area contributed by atoms with Crippen LogP contribution in [0.2, 0.25) is 0 Å². The molecule has 1 aliphatic rings. The number of nitrogens with two attached hydrogens (primary N) is 1. The van der Waals surface area contributed by atoms with Gasteiger partial charge in [0, 0.05) is 13.1 Å². The number of likely N-dealkylation sites (tertiary alicyclic amines) is 1. The lowest BCUT2D eigenvalue weighted by Gasteiger charge is -2.26. The van der Waals surface area contributed by atoms with Crippen LogP contribution in [0.5, 0.6) is 0 Å². The zero-order valence-electron chi connectivity index (χ0n) is 11.8. The van der Waals surface area contributed by atoms with E-state index in [9.17, 15) is 8.42 Å². The van der Waals surface area contributed by atoms with Crippen molar-refractivity contribution in [1.29, 1.82) is 0 Å². The van der Waals surface area contributed by atoms with E-state index < -0.39 is 9.84 Å². The Kier molecular flexibility index (Phi) is 5.22. The molecular formula is C12H22N4O2S2. The van der Waals surface area contributed by atoms with Gasteiger partial charge in [0.2, 0.25) is 0 Å². The number of piperidine rings is 1. The molecule has 0 radical (unpaired) electrons. The second kappa shape index (κ2) is 6.73. The van der Waals surface area contributed by atoms with Crippen molar-refractivity contribution in [1.82, 2.24) is 9.27 Å². The third kappa shape index (κ3) is 3.62. The highest BCUT2D eigenvalue weighted by atomic mass is 32.2. The second-order valence-corrected chi connectivity index (χ2v) is 7.95. The lowest BCUT2D eigenvalue weighted by molar-refractivity contribution is 0.237. The van der Waals surface area contributed by atoms with E-state index in [1.807, 2.05) is 0 Å². The maximum atomic E-state index is 12.0. The molecule has 0 aliphatic carbocycles. The summed E-state index contributed by atoms with van der Waals surface area (Å²) in [4.78, 5) is 2.57. The summed E-state index contributed by atoms with van der Waals surface area (Å²) in [6.07, 6.45) is 3.82. The van der Waals surface area contributed by atoms with E-state index >= 15 is 0 Å². The standard InChI is InChI=1S/C12H22N4O2S2/c1-2-20(17,18)10-11(13)15-19-12(10)14-6-9-16-7-4-3-5-8-16/h14H,2-9H2,1H3,(H2,13,15). The highest BCUT2D eigenvalue weighted by Crippen LogP contribution is 2.32. The van der Waals surface area contributed by atoms with Gasteiger partial charge in [-0.25, -0.2) is 8.42 Å². The first-order valence-electron chi connectivity index (χ1n) is 6.98. The fraction of sp³-hybridized carbons (Fsp3) is 0.750. The molecule has 0 unspecified atom stereocenters. The summed E-state index contributed by atoms with van der Waals surface area (Å²) in [5.74, 6) is 0.147. The van der Waals surface area contributed by atoms with Crippen molar-refractivity contribution in [2.45, 2.75) is 31.1 Å². The number of anilines is 2. The minimum atomic E-state index is -3.32. The summed E-state index contributed by atoms with van der Waals surface area (Å²) in [7, 11) is -3.32. The van der Waals surface area contributed by atoms with E-state index in [0.717, 1.165) is 31.2 Å². The van der Waals surface area contributed by atoms with Gasteiger partial charge in [-0.2, -0.15) is 4.37 Å². The topological polar surface area (TPSA) is 88.3 Å². The molecular weight excluding hydrogens is 296 g/mol. The molecule has 3 N–H and O–H groups in total. The largest absolute Gasteiger partial charge is 0.382 e. The highest BCUT2D eigenvalue weighted by molar-refractivity contribution is 7.91. The molecule has 0 atom stereocenters. The number of sulfone groups is 1. The Morgan fingerprint density at radius 3 is 2.70 bits per heavy atom. The fourth-order valence-corrected chi connectivity index (χ4v) is 4.56. The minimum absolute atomic E-state index is 0.0381. The van der Waals surface area contributed by atoms with Crippen LogP contribution in [0.4, 0.5) is 10.8 Å². The summed E-state index contributed by atoms with van der Waals surface area (Å²) >= 11 is 1.12. The van der Waals surface area contributed by atoms with Gasteiger partial charge in [0.25, 0.3) is 0 Å². The van der Waals surface area contributed by atoms with E-state index in [1.165, 1.54) is 19.3 Å². The lowest BCUT2D eigenvalue weighted by atomic mass is 10.1. The molecule has 8 heteroatoms. The molecule has 1 aliphatic heterocycles. The van der Waals surface area contributed by atoms with Crippen LogP contribution < -0.4 is 11.1 Å². The van der Waals surface area contributed by atoms with Gasteiger partial charge in [-0.05, 0) is 37.5 Å². The van der Waals surface area contributed by atoms with Crippen molar-refractivity contribution in [3.05, 3.63) is 0 Å². The third-order valence-corrected chi connectivity index (χ3v) is 6.27. The SMILES string of the molecule is CCS(=O)(=O)c1c(N)nsc1NCCN1CCCCC1. The first-order chi connectivity index (χ1) is 9.54. The molecule has 114 valence electrons. The van der Waals surface area contributed by atoms with Crippen molar-refractivity contribution in [2.75, 3.05) is 43.0 Å². The summed E-state index contributed by atoms with van der Waals surface area (Å²) in [5, 5.41) is 3.75. The molecule has 6 nitrogen and oxygen atoms in total.